The Balaban J connectivity index is 4.60. The molecule has 0 aromatic rings. The van der Waals surface area contributed by atoms with Crippen LogP contribution < -0.4 is 5.73 Å². The van der Waals surface area contributed by atoms with Crippen LogP contribution in [0.25, 0.3) is 0 Å². The highest BCUT2D eigenvalue weighted by atomic mass is 16.3. The molecule has 68 valence electrons. The molecule has 12 heavy (non-hydrogen) atoms. The SMILES string of the molecule is C=CC(C(N)=O)=C(C)CC(C)O. The lowest BCUT2D eigenvalue weighted by atomic mass is 10.0. The van der Waals surface area contributed by atoms with Gasteiger partial charge in [-0.3, -0.25) is 4.79 Å². The minimum atomic E-state index is -0.497. The summed E-state index contributed by atoms with van der Waals surface area (Å²) in [7, 11) is 0. The monoisotopic (exact) mass is 169 g/mol. The molecule has 1 atom stereocenters. The fourth-order valence-corrected chi connectivity index (χ4v) is 1.04. The highest BCUT2D eigenvalue weighted by Gasteiger charge is 2.06. The van der Waals surface area contributed by atoms with Crippen LogP contribution in [0.15, 0.2) is 23.8 Å². The standard InChI is InChI=1S/C9H15NO2/c1-4-8(9(10)12)6(2)5-7(3)11/h4,7,11H,1,5H2,2-3H3,(H2,10,12). The number of hydrogen-bond donors (Lipinski definition) is 2. The van der Waals surface area contributed by atoms with E-state index in [4.69, 9.17) is 10.8 Å². The highest BCUT2D eigenvalue weighted by molar-refractivity contribution is 5.95. The number of carbonyl (C=O) groups excluding carboxylic acids is 1. The maximum absolute atomic E-state index is 10.8. The van der Waals surface area contributed by atoms with Crippen molar-refractivity contribution in [1.82, 2.24) is 0 Å². The number of aliphatic hydroxyl groups excluding tert-OH is 1. The quantitative estimate of drug-likeness (QED) is 0.481. The summed E-state index contributed by atoms with van der Waals surface area (Å²) in [4.78, 5) is 10.8. The minimum absolute atomic E-state index is 0.399. The van der Waals surface area contributed by atoms with Gasteiger partial charge in [0, 0.05) is 5.57 Å². The van der Waals surface area contributed by atoms with E-state index < -0.39 is 12.0 Å². The average Bonchev–Trinajstić information content (AvgIpc) is 1.85. The number of primary amides is 1. The van der Waals surface area contributed by atoms with E-state index in [9.17, 15) is 4.79 Å². The third-order valence-corrected chi connectivity index (χ3v) is 1.53. The fourth-order valence-electron chi connectivity index (χ4n) is 1.04. The second kappa shape index (κ2) is 4.72. The van der Waals surface area contributed by atoms with Crippen LogP contribution in [0.3, 0.4) is 0 Å². The molecule has 0 aliphatic carbocycles. The van der Waals surface area contributed by atoms with Gasteiger partial charge >= 0.3 is 0 Å². The Kier molecular flexibility index (Phi) is 4.29. The maximum Gasteiger partial charge on any atom is 0.248 e. The summed E-state index contributed by atoms with van der Waals surface area (Å²) in [6, 6.07) is 0. The number of nitrogens with two attached hydrogens (primary N) is 1. The molecule has 0 rings (SSSR count). The van der Waals surface area contributed by atoms with Gasteiger partial charge < -0.3 is 10.8 Å². The second-order valence-corrected chi connectivity index (χ2v) is 2.82. The Bertz CT molecular complexity index is 217. The van der Waals surface area contributed by atoms with Crippen molar-refractivity contribution < 1.29 is 9.90 Å². The van der Waals surface area contributed by atoms with Gasteiger partial charge in [-0.15, -0.1) is 0 Å². The van der Waals surface area contributed by atoms with E-state index in [0.29, 0.717) is 12.0 Å². The predicted octanol–water partition coefficient (Wildman–Crippen LogP) is 0.745. The van der Waals surface area contributed by atoms with Crippen molar-refractivity contribution in [2.45, 2.75) is 26.4 Å². The largest absolute Gasteiger partial charge is 0.393 e. The second-order valence-electron chi connectivity index (χ2n) is 2.82. The average molecular weight is 169 g/mol. The number of hydrogen-bond acceptors (Lipinski definition) is 2. The van der Waals surface area contributed by atoms with Crippen molar-refractivity contribution in [1.29, 1.82) is 0 Å². The van der Waals surface area contributed by atoms with Crippen molar-refractivity contribution in [3.8, 4) is 0 Å². The maximum atomic E-state index is 10.8. The molecule has 3 N–H and O–H groups in total. The summed E-state index contributed by atoms with van der Waals surface area (Å²) in [5, 5.41) is 9.03. The molecule has 0 saturated carbocycles. The van der Waals surface area contributed by atoms with Crippen LogP contribution in [0.4, 0.5) is 0 Å². The minimum Gasteiger partial charge on any atom is -0.393 e. The molecule has 3 nitrogen and oxygen atoms in total. The lowest BCUT2D eigenvalue weighted by Gasteiger charge is -2.06. The van der Waals surface area contributed by atoms with Gasteiger partial charge in [-0.25, -0.2) is 0 Å². The van der Waals surface area contributed by atoms with Gasteiger partial charge in [0.2, 0.25) is 5.91 Å². The van der Waals surface area contributed by atoms with Crippen LogP contribution in [-0.2, 0) is 4.79 Å². The van der Waals surface area contributed by atoms with Crippen LogP contribution >= 0.6 is 0 Å². The zero-order valence-corrected chi connectivity index (χ0v) is 7.50. The van der Waals surface area contributed by atoms with E-state index in [-0.39, 0.29) is 0 Å². The molecule has 0 spiro atoms. The molecule has 0 aliphatic heterocycles. The Morgan fingerprint density at radius 1 is 1.75 bits per heavy atom. The summed E-state index contributed by atoms with van der Waals surface area (Å²) in [6.45, 7) is 6.89. The molecule has 0 saturated heterocycles. The van der Waals surface area contributed by atoms with Crippen LogP contribution in [-0.4, -0.2) is 17.1 Å². The van der Waals surface area contributed by atoms with Crippen molar-refractivity contribution in [3.63, 3.8) is 0 Å². The molecule has 0 aliphatic rings. The first kappa shape index (κ1) is 10.9. The van der Waals surface area contributed by atoms with E-state index in [2.05, 4.69) is 6.58 Å². The first-order valence-electron chi connectivity index (χ1n) is 3.79. The Morgan fingerprint density at radius 2 is 2.25 bits per heavy atom. The van der Waals surface area contributed by atoms with Gasteiger partial charge in [0.05, 0.1) is 6.10 Å². The van der Waals surface area contributed by atoms with Crippen LogP contribution in [0.1, 0.15) is 20.3 Å². The Hall–Kier alpha value is -1.09. The van der Waals surface area contributed by atoms with Crippen molar-refractivity contribution >= 4 is 5.91 Å². The first-order valence-corrected chi connectivity index (χ1v) is 3.79. The number of rotatable bonds is 4. The molecule has 0 aromatic heterocycles. The number of aliphatic hydroxyl groups is 1. The van der Waals surface area contributed by atoms with Crippen molar-refractivity contribution in [3.05, 3.63) is 23.8 Å². The van der Waals surface area contributed by atoms with Crippen LogP contribution in [0.5, 0.6) is 0 Å². The number of amides is 1. The van der Waals surface area contributed by atoms with E-state index >= 15 is 0 Å². The summed E-state index contributed by atoms with van der Waals surface area (Å²) < 4.78 is 0. The molecule has 3 heteroatoms. The lowest BCUT2D eigenvalue weighted by molar-refractivity contribution is -0.114. The normalized spacial score (nSPS) is 14.9. The topological polar surface area (TPSA) is 63.3 Å². The Morgan fingerprint density at radius 3 is 2.50 bits per heavy atom. The van der Waals surface area contributed by atoms with E-state index in [1.807, 2.05) is 0 Å². The third kappa shape index (κ3) is 3.34. The van der Waals surface area contributed by atoms with E-state index in [0.717, 1.165) is 5.57 Å². The molecular weight excluding hydrogens is 154 g/mol. The van der Waals surface area contributed by atoms with Crippen molar-refractivity contribution in [2.24, 2.45) is 5.73 Å². The van der Waals surface area contributed by atoms with Gasteiger partial charge in [0.1, 0.15) is 0 Å². The van der Waals surface area contributed by atoms with E-state index in [1.165, 1.54) is 6.08 Å². The third-order valence-electron chi connectivity index (χ3n) is 1.53. The lowest BCUT2D eigenvalue weighted by Crippen LogP contribution is -2.15. The predicted molar refractivity (Wildman–Crippen MR) is 48.4 cm³/mol. The van der Waals surface area contributed by atoms with Gasteiger partial charge in [-0.05, 0) is 20.3 Å². The molecular formula is C9H15NO2. The molecule has 0 bridgehead atoms. The fraction of sp³-hybridized carbons (Fsp3) is 0.444. The molecule has 0 heterocycles. The van der Waals surface area contributed by atoms with Crippen LogP contribution in [0.2, 0.25) is 0 Å². The highest BCUT2D eigenvalue weighted by Crippen LogP contribution is 2.11. The smallest absolute Gasteiger partial charge is 0.248 e. The summed E-state index contributed by atoms with van der Waals surface area (Å²) in [6.07, 6.45) is 1.41. The van der Waals surface area contributed by atoms with E-state index in [1.54, 1.807) is 13.8 Å². The van der Waals surface area contributed by atoms with Gasteiger partial charge in [-0.1, -0.05) is 18.2 Å². The molecule has 0 fully saturated rings. The molecule has 0 radical (unpaired) electrons. The van der Waals surface area contributed by atoms with Crippen molar-refractivity contribution in [2.75, 3.05) is 0 Å². The summed E-state index contributed by atoms with van der Waals surface area (Å²) >= 11 is 0. The molecule has 1 unspecified atom stereocenters. The molecule has 0 aromatic carbocycles. The Labute approximate surface area is 72.6 Å². The summed E-state index contributed by atoms with van der Waals surface area (Å²) in [5.74, 6) is -0.497. The van der Waals surface area contributed by atoms with Gasteiger partial charge in [0.15, 0.2) is 0 Å². The molecule has 1 amide bonds. The van der Waals surface area contributed by atoms with Gasteiger partial charge in [0.25, 0.3) is 0 Å². The van der Waals surface area contributed by atoms with Crippen LogP contribution in [0, 0.1) is 0 Å². The first-order chi connectivity index (χ1) is 5.49. The van der Waals surface area contributed by atoms with Gasteiger partial charge in [-0.2, -0.15) is 0 Å². The zero-order valence-electron chi connectivity index (χ0n) is 7.50. The summed E-state index contributed by atoms with van der Waals surface area (Å²) in [5.41, 5.74) is 6.24. The number of carbonyl (C=O) groups is 1. The zero-order chi connectivity index (χ0) is 9.72.